The Hall–Kier alpha value is -2.88. The molecule has 0 unspecified atom stereocenters. The van der Waals surface area contributed by atoms with Crippen molar-refractivity contribution in [1.82, 2.24) is 14.4 Å². The Labute approximate surface area is 160 Å². The van der Waals surface area contributed by atoms with Crippen LogP contribution in [-0.4, -0.2) is 19.3 Å². The van der Waals surface area contributed by atoms with Crippen LogP contribution in [0, 0.1) is 19.6 Å². The van der Waals surface area contributed by atoms with E-state index in [1.165, 1.54) is 18.5 Å². The molecule has 0 N–H and O–H groups in total. The van der Waals surface area contributed by atoms with Crippen LogP contribution >= 0.6 is 22.6 Å². The van der Waals surface area contributed by atoms with Crippen LogP contribution < -0.4 is 0 Å². The van der Waals surface area contributed by atoms with Crippen molar-refractivity contribution in [3.05, 3.63) is 80.7 Å². The first kappa shape index (κ1) is 16.6. The average molecular weight is 460 g/mol. The van der Waals surface area contributed by atoms with Gasteiger partial charge in [0.25, 0.3) is 0 Å². The van der Waals surface area contributed by atoms with Crippen LogP contribution in [0.4, 0.5) is 10.2 Å². The molecule has 8 heteroatoms. The highest BCUT2D eigenvalue weighted by molar-refractivity contribution is 14.1. The van der Waals surface area contributed by atoms with Gasteiger partial charge in [0.1, 0.15) is 12.0 Å². The van der Waals surface area contributed by atoms with Crippen molar-refractivity contribution in [1.29, 1.82) is 0 Å². The number of halogens is 2. The number of hydrogen-bond acceptors (Lipinski definition) is 4. The predicted octanol–water partition coefficient (Wildman–Crippen LogP) is 4.72. The van der Waals surface area contributed by atoms with Crippen LogP contribution in [0.5, 0.6) is 0 Å². The molecule has 4 aromatic heterocycles. The Bertz CT molecular complexity index is 1140. The maximum absolute atomic E-state index is 13.1. The Morgan fingerprint density at radius 3 is 2.69 bits per heavy atom. The third kappa shape index (κ3) is 2.81. The second kappa shape index (κ2) is 6.45. The maximum atomic E-state index is 13.1. The van der Waals surface area contributed by atoms with E-state index in [-0.39, 0.29) is 5.82 Å². The quantitative estimate of drug-likeness (QED) is 0.252. The monoisotopic (exact) mass is 460 g/mol. The Morgan fingerprint density at radius 2 is 1.96 bits per heavy atom. The van der Waals surface area contributed by atoms with E-state index >= 15 is 0 Å². The molecule has 6 nitrogen and oxygen atoms in total. The topological polar surface area (TPSA) is 73.3 Å². The third-order valence-corrected chi connectivity index (χ3v) is 5.08. The number of rotatable bonds is 3. The van der Waals surface area contributed by atoms with Gasteiger partial charge < -0.3 is 14.5 Å². The summed E-state index contributed by atoms with van der Waals surface area (Å²) < 4.78 is 15.8. The molecule has 128 valence electrons. The van der Waals surface area contributed by atoms with Crippen LogP contribution in [-0.2, 0) is 0 Å². The number of hydrogen-bond donors (Lipinski definition) is 0. The van der Waals surface area contributed by atoms with Crippen molar-refractivity contribution >= 4 is 33.9 Å². The van der Waals surface area contributed by atoms with E-state index in [0.717, 1.165) is 20.3 Å². The second-order valence-corrected chi connectivity index (χ2v) is 6.58. The summed E-state index contributed by atoms with van der Waals surface area (Å²) in [5.41, 5.74) is 3.54. The van der Waals surface area contributed by atoms with Gasteiger partial charge in [-0.15, -0.1) is 0 Å². The van der Waals surface area contributed by atoms with Gasteiger partial charge in [-0.3, -0.25) is 4.98 Å². The minimum Gasteiger partial charge on any atom is -0.358 e. The highest BCUT2D eigenvalue weighted by Gasteiger charge is 2.20. The molecule has 4 aromatic rings. The molecule has 0 bridgehead atoms. The molecule has 0 saturated heterocycles. The first-order valence-corrected chi connectivity index (χ1v) is 8.65. The van der Waals surface area contributed by atoms with Gasteiger partial charge in [0.2, 0.25) is 0 Å². The number of aromatic nitrogens is 3. The van der Waals surface area contributed by atoms with Gasteiger partial charge in [-0.2, -0.15) is 0 Å². The molecule has 0 fully saturated rings. The zero-order valence-corrected chi connectivity index (χ0v) is 15.3. The molecule has 0 atom stereocenters. The average Bonchev–Trinajstić information content (AvgIpc) is 2.98. The van der Waals surface area contributed by atoms with Crippen molar-refractivity contribution in [2.75, 3.05) is 0 Å². The molecule has 26 heavy (non-hydrogen) atoms. The predicted molar refractivity (Wildman–Crippen MR) is 103 cm³/mol. The molecule has 0 radical (unpaired) electrons. The standard InChI is InChI=1S/C18H10FIN4O2/c19-12-4-6-16(22-9-12)11-3-5-13-8-15(17(20)23(13)10-11)14-2-1-7-21-18(14)24(25)26/h1-10H. The lowest BCUT2D eigenvalue weighted by Crippen LogP contribution is -1.95. The molecular weight excluding hydrogens is 450 g/mol. The molecular formula is C18H10FIN4O2. The number of fused-ring (bicyclic) bond motifs is 1. The fourth-order valence-electron chi connectivity index (χ4n) is 2.78. The summed E-state index contributed by atoms with van der Waals surface area (Å²) in [5.74, 6) is -0.571. The zero-order chi connectivity index (χ0) is 18.3. The van der Waals surface area contributed by atoms with E-state index in [1.807, 2.05) is 28.8 Å². The van der Waals surface area contributed by atoms with E-state index in [2.05, 4.69) is 32.6 Å². The second-order valence-electron chi connectivity index (χ2n) is 5.55. The van der Waals surface area contributed by atoms with Crippen LogP contribution in [0.3, 0.4) is 0 Å². The number of pyridine rings is 3. The van der Waals surface area contributed by atoms with Crippen molar-refractivity contribution in [3.8, 4) is 22.4 Å². The molecule has 4 rings (SSSR count). The van der Waals surface area contributed by atoms with Gasteiger partial charge >= 0.3 is 5.82 Å². The number of nitrogens with zero attached hydrogens (tertiary/aromatic N) is 4. The Morgan fingerprint density at radius 1 is 1.12 bits per heavy atom. The molecule has 0 aromatic carbocycles. The molecule has 0 saturated carbocycles. The first-order chi connectivity index (χ1) is 12.5. The summed E-state index contributed by atoms with van der Waals surface area (Å²) in [7, 11) is 0. The first-order valence-electron chi connectivity index (χ1n) is 7.57. The van der Waals surface area contributed by atoms with Crippen LogP contribution in [0.2, 0.25) is 0 Å². The summed E-state index contributed by atoms with van der Waals surface area (Å²) in [6, 6.07) is 12.0. The normalized spacial score (nSPS) is 11.0. The fraction of sp³-hybridized carbons (Fsp3) is 0. The van der Waals surface area contributed by atoms with E-state index in [9.17, 15) is 14.5 Å². The molecule has 0 aliphatic carbocycles. The van der Waals surface area contributed by atoms with Gasteiger partial charge in [0, 0.05) is 22.8 Å². The van der Waals surface area contributed by atoms with Crippen molar-refractivity contribution in [2.24, 2.45) is 0 Å². The smallest absolute Gasteiger partial charge is 0.358 e. The molecule has 0 spiro atoms. The largest absolute Gasteiger partial charge is 0.371 e. The maximum Gasteiger partial charge on any atom is 0.371 e. The van der Waals surface area contributed by atoms with Crippen molar-refractivity contribution in [2.45, 2.75) is 0 Å². The fourth-order valence-corrected chi connectivity index (χ4v) is 3.64. The van der Waals surface area contributed by atoms with Gasteiger partial charge in [-0.25, -0.2) is 4.39 Å². The van der Waals surface area contributed by atoms with Gasteiger partial charge in [0.15, 0.2) is 0 Å². The molecule has 0 aliphatic heterocycles. The minimum atomic E-state index is -0.485. The van der Waals surface area contributed by atoms with E-state index in [4.69, 9.17) is 0 Å². The van der Waals surface area contributed by atoms with Gasteiger partial charge in [-0.05, 0) is 75.0 Å². The molecule has 0 amide bonds. The lowest BCUT2D eigenvalue weighted by Gasteiger charge is -2.04. The van der Waals surface area contributed by atoms with Crippen molar-refractivity contribution in [3.63, 3.8) is 0 Å². The molecule has 0 aliphatic rings. The van der Waals surface area contributed by atoms with Crippen LogP contribution in [0.15, 0.2) is 61.1 Å². The van der Waals surface area contributed by atoms with Crippen LogP contribution in [0.1, 0.15) is 0 Å². The zero-order valence-electron chi connectivity index (χ0n) is 13.1. The summed E-state index contributed by atoms with van der Waals surface area (Å²) in [6.07, 6.45) is 4.45. The van der Waals surface area contributed by atoms with E-state index in [1.54, 1.807) is 18.2 Å². The minimum absolute atomic E-state index is 0.179. The van der Waals surface area contributed by atoms with Gasteiger partial charge in [0.05, 0.1) is 21.2 Å². The SMILES string of the molecule is O=[N+]([O-])c1ncccc1-c1cc2ccc(-c3ccc(F)cn3)cn2c1I. The van der Waals surface area contributed by atoms with Crippen LogP contribution in [0.25, 0.3) is 27.9 Å². The third-order valence-electron chi connectivity index (χ3n) is 3.98. The summed E-state index contributed by atoms with van der Waals surface area (Å²) in [6.45, 7) is 0. The summed E-state index contributed by atoms with van der Waals surface area (Å²) in [4.78, 5) is 18.8. The summed E-state index contributed by atoms with van der Waals surface area (Å²) >= 11 is 2.15. The van der Waals surface area contributed by atoms with Crippen molar-refractivity contribution < 1.29 is 9.31 Å². The lowest BCUT2D eigenvalue weighted by molar-refractivity contribution is -0.388. The van der Waals surface area contributed by atoms with E-state index in [0.29, 0.717) is 11.3 Å². The Kier molecular flexibility index (Phi) is 4.11. The van der Waals surface area contributed by atoms with Gasteiger partial charge in [-0.1, -0.05) is 0 Å². The highest BCUT2D eigenvalue weighted by atomic mass is 127. The summed E-state index contributed by atoms with van der Waals surface area (Å²) in [5, 5.41) is 11.3. The van der Waals surface area contributed by atoms with E-state index < -0.39 is 10.7 Å². The molecule has 4 heterocycles. The number of nitro groups is 1. The lowest BCUT2D eigenvalue weighted by atomic mass is 10.1. The highest BCUT2D eigenvalue weighted by Crippen LogP contribution is 2.34. The Balaban J connectivity index is 1.88.